The predicted octanol–water partition coefficient (Wildman–Crippen LogP) is 3.90. The van der Waals surface area contributed by atoms with Crippen LogP contribution in [0.15, 0.2) is 57.7 Å². The molecule has 2 aromatic heterocycles. The molecule has 3 aromatic rings. The third-order valence-corrected chi connectivity index (χ3v) is 3.16. The van der Waals surface area contributed by atoms with Crippen molar-refractivity contribution >= 4 is 15.9 Å². The first-order valence-corrected chi connectivity index (χ1v) is 6.51. The van der Waals surface area contributed by atoms with Gasteiger partial charge in [-0.05, 0) is 52.3 Å². The zero-order valence-corrected chi connectivity index (χ0v) is 11.8. The number of hydrogen-bond acceptors (Lipinski definition) is 3. The Morgan fingerprint density at radius 2 is 2.00 bits per heavy atom. The maximum absolute atomic E-state index is 5.43. The maximum atomic E-state index is 5.43. The summed E-state index contributed by atoms with van der Waals surface area (Å²) in [7, 11) is 1.65. The highest BCUT2D eigenvalue weighted by Crippen LogP contribution is 2.27. The molecule has 2 heterocycles. The fourth-order valence-electron chi connectivity index (χ4n) is 1.87. The van der Waals surface area contributed by atoms with E-state index in [0.29, 0.717) is 0 Å². The second-order valence-electron chi connectivity index (χ2n) is 3.94. The highest BCUT2D eigenvalue weighted by atomic mass is 79.9. The molecular weight excluding hydrogens is 308 g/mol. The second-order valence-corrected chi connectivity index (χ2v) is 4.75. The molecule has 0 bridgehead atoms. The third-order valence-electron chi connectivity index (χ3n) is 2.77. The van der Waals surface area contributed by atoms with Gasteiger partial charge in [-0.25, -0.2) is 4.68 Å². The minimum absolute atomic E-state index is 0.759. The second kappa shape index (κ2) is 4.93. The first-order valence-electron chi connectivity index (χ1n) is 5.72. The summed E-state index contributed by atoms with van der Waals surface area (Å²) in [5.41, 5.74) is 1.83. The van der Waals surface area contributed by atoms with E-state index in [0.717, 1.165) is 27.5 Å². The topological polar surface area (TPSA) is 40.2 Å². The van der Waals surface area contributed by atoms with E-state index in [1.54, 1.807) is 13.4 Å². The van der Waals surface area contributed by atoms with Gasteiger partial charge >= 0.3 is 0 Å². The van der Waals surface area contributed by atoms with Gasteiger partial charge in [0.05, 0.1) is 19.1 Å². The van der Waals surface area contributed by atoms with Crippen LogP contribution in [0.4, 0.5) is 0 Å². The molecule has 0 amide bonds. The van der Waals surface area contributed by atoms with Crippen molar-refractivity contribution in [3.05, 3.63) is 53.3 Å². The number of ether oxygens (including phenoxy) is 1. The fraction of sp³-hybridized carbons (Fsp3) is 0.0714. The molecule has 0 atom stereocenters. The lowest BCUT2D eigenvalue weighted by atomic mass is 10.2. The average Bonchev–Trinajstić information content (AvgIpc) is 3.07. The largest absolute Gasteiger partial charge is 0.497 e. The first-order chi connectivity index (χ1) is 9.28. The molecule has 0 N–H and O–H groups in total. The number of methoxy groups -OCH3 is 1. The first kappa shape index (κ1) is 12.0. The van der Waals surface area contributed by atoms with Crippen LogP contribution in [-0.2, 0) is 0 Å². The SMILES string of the molecule is COc1ccc(-n2nc(Br)cc2-c2ccco2)cc1. The number of furan rings is 1. The van der Waals surface area contributed by atoms with Crippen LogP contribution in [0, 0.1) is 0 Å². The van der Waals surface area contributed by atoms with E-state index in [1.165, 1.54) is 0 Å². The Hall–Kier alpha value is -2.01. The van der Waals surface area contributed by atoms with Gasteiger partial charge in [0.25, 0.3) is 0 Å². The van der Waals surface area contributed by atoms with E-state index in [9.17, 15) is 0 Å². The van der Waals surface area contributed by atoms with E-state index in [2.05, 4.69) is 21.0 Å². The number of nitrogens with zero attached hydrogens (tertiary/aromatic N) is 2. The molecule has 0 radical (unpaired) electrons. The van der Waals surface area contributed by atoms with Crippen molar-refractivity contribution in [3.63, 3.8) is 0 Å². The predicted molar refractivity (Wildman–Crippen MR) is 75.5 cm³/mol. The number of rotatable bonds is 3. The summed E-state index contributed by atoms with van der Waals surface area (Å²) < 4.78 is 13.2. The molecule has 0 fully saturated rings. The van der Waals surface area contributed by atoms with Crippen LogP contribution in [-0.4, -0.2) is 16.9 Å². The maximum Gasteiger partial charge on any atom is 0.152 e. The quantitative estimate of drug-likeness (QED) is 0.735. The van der Waals surface area contributed by atoms with Gasteiger partial charge in [-0.3, -0.25) is 0 Å². The zero-order chi connectivity index (χ0) is 13.2. The minimum atomic E-state index is 0.759. The van der Waals surface area contributed by atoms with Gasteiger partial charge in [-0.15, -0.1) is 0 Å². The van der Waals surface area contributed by atoms with Crippen molar-refractivity contribution in [3.8, 4) is 22.9 Å². The Labute approximate surface area is 118 Å². The molecule has 4 nitrogen and oxygen atoms in total. The van der Waals surface area contributed by atoms with Crippen LogP contribution in [0.1, 0.15) is 0 Å². The van der Waals surface area contributed by atoms with Crippen LogP contribution in [0.3, 0.4) is 0 Å². The van der Waals surface area contributed by atoms with Gasteiger partial charge in [0.2, 0.25) is 0 Å². The summed E-state index contributed by atoms with van der Waals surface area (Å²) in [6.45, 7) is 0. The van der Waals surface area contributed by atoms with E-state index < -0.39 is 0 Å². The highest BCUT2D eigenvalue weighted by Gasteiger charge is 2.12. The summed E-state index contributed by atoms with van der Waals surface area (Å²) in [6.07, 6.45) is 1.65. The zero-order valence-electron chi connectivity index (χ0n) is 10.2. The third kappa shape index (κ3) is 2.29. The molecule has 19 heavy (non-hydrogen) atoms. The molecule has 0 saturated heterocycles. The Bertz CT molecular complexity index is 672. The van der Waals surface area contributed by atoms with Crippen LogP contribution >= 0.6 is 15.9 Å². The monoisotopic (exact) mass is 318 g/mol. The molecular formula is C14H11BrN2O2. The smallest absolute Gasteiger partial charge is 0.152 e. The summed E-state index contributed by atoms with van der Waals surface area (Å²) >= 11 is 3.40. The molecule has 0 saturated carbocycles. The molecule has 0 unspecified atom stereocenters. The van der Waals surface area contributed by atoms with Gasteiger partial charge in [0.15, 0.2) is 5.76 Å². The molecule has 3 rings (SSSR count). The lowest BCUT2D eigenvalue weighted by molar-refractivity contribution is 0.414. The molecule has 0 aliphatic rings. The van der Waals surface area contributed by atoms with Gasteiger partial charge in [0, 0.05) is 6.07 Å². The summed E-state index contributed by atoms with van der Waals surface area (Å²) in [5, 5.41) is 4.42. The number of aromatic nitrogens is 2. The van der Waals surface area contributed by atoms with Crippen molar-refractivity contribution in [2.24, 2.45) is 0 Å². The standard InChI is InChI=1S/C14H11BrN2O2/c1-18-11-6-4-10(5-7-11)17-12(9-14(15)16-17)13-3-2-8-19-13/h2-9H,1H3. The lowest BCUT2D eigenvalue weighted by Crippen LogP contribution is -1.98. The molecule has 5 heteroatoms. The molecule has 0 spiro atoms. The van der Waals surface area contributed by atoms with Crippen LogP contribution < -0.4 is 4.74 Å². The van der Waals surface area contributed by atoms with Gasteiger partial charge in [0.1, 0.15) is 16.0 Å². The lowest BCUT2D eigenvalue weighted by Gasteiger charge is -2.06. The molecule has 0 aliphatic carbocycles. The molecule has 0 aliphatic heterocycles. The summed E-state index contributed by atoms with van der Waals surface area (Å²) in [5.74, 6) is 1.59. The van der Waals surface area contributed by atoms with Crippen LogP contribution in [0.5, 0.6) is 5.75 Å². The van der Waals surface area contributed by atoms with Gasteiger partial charge in [-0.1, -0.05) is 0 Å². The molecule has 1 aromatic carbocycles. The number of halogens is 1. The Morgan fingerprint density at radius 1 is 1.21 bits per heavy atom. The number of benzene rings is 1. The van der Waals surface area contributed by atoms with Crippen molar-refractivity contribution < 1.29 is 9.15 Å². The Balaban J connectivity index is 2.09. The van der Waals surface area contributed by atoms with E-state index in [1.807, 2.05) is 47.1 Å². The normalized spacial score (nSPS) is 10.6. The summed E-state index contributed by atoms with van der Waals surface area (Å²) in [6, 6.07) is 13.4. The van der Waals surface area contributed by atoms with Crippen molar-refractivity contribution in [2.45, 2.75) is 0 Å². The molecule has 96 valence electrons. The fourth-order valence-corrected chi connectivity index (χ4v) is 2.25. The van der Waals surface area contributed by atoms with Crippen molar-refractivity contribution in [1.82, 2.24) is 9.78 Å². The Kier molecular flexibility index (Phi) is 3.13. The van der Waals surface area contributed by atoms with Crippen molar-refractivity contribution in [2.75, 3.05) is 7.11 Å². The van der Waals surface area contributed by atoms with Crippen molar-refractivity contribution in [1.29, 1.82) is 0 Å². The number of hydrogen-bond donors (Lipinski definition) is 0. The highest BCUT2D eigenvalue weighted by molar-refractivity contribution is 9.10. The van der Waals surface area contributed by atoms with E-state index in [4.69, 9.17) is 9.15 Å². The van der Waals surface area contributed by atoms with Gasteiger partial charge in [-0.2, -0.15) is 5.10 Å². The summed E-state index contributed by atoms with van der Waals surface area (Å²) in [4.78, 5) is 0. The minimum Gasteiger partial charge on any atom is -0.497 e. The Morgan fingerprint density at radius 3 is 2.63 bits per heavy atom. The van der Waals surface area contributed by atoms with Gasteiger partial charge < -0.3 is 9.15 Å². The van der Waals surface area contributed by atoms with E-state index in [-0.39, 0.29) is 0 Å². The van der Waals surface area contributed by atoms with E-state index >= 15 is 0 Å². The van der Waals surface area contributed by atoms with Crippen LogP contribution in [0.2, 0.25) is 0 Å². The van der Waals surface area contributed by atoms with Crippen LogP contribution in [0.25, 0.3) is 17.1 Å². The average molecular weight is 319 g/mol.